The zero-order valence-corrected chi connectivity index (χ0v) is 16.9. The summed E-state index contributed by atoms with van der Waals surface area (Å²) in [6.07, 6.45) is 3.98. The van der Waals surface area contributed by atoms with Gasteiger partial charge in [0.1, 0.15) is 18.5 Å². The molecule has 1 atom stereocenters. The van der Waals surface area contributed by atoms with Crippen molar-refractivity contribution in [3.05, 3.63) is 59.7 Å². The molecule has 28 heavy (non-hydrogen) atoms. The molecule has 0 unspecified atom stereocenters. The minimum Gasteiger partial charge on any atom is -0.491 e. The van der Waals surface area contributed by atoms with Crippen LogP contribution in [0.15, 0.2) is 48.5 Å². The number of imidazole rings is 1. The number of aromatic nitrogens is 2. The molecular formula is C23H31N3O2. The lowest BCUT2D eigenvalue weighted by molar-refractivity contribution is 0.0920. The Kier molecular flexibility index (Phi) is 6.93. The zero-order chi connectivity index (χ0) is 19.9. The molecule has 1 aromatic heterocycles. The number of unbranched alkanes of at least 4 members (excludes halogenated alkanes) is 3. The molecule has 2 aromatic carbocycles. The van der Waals surface area contributed by atoms with Crippen LogP contribution in [0.2, 0.25) is 0 Å². The summed E-state index contributed by atoms with van der Waals surface area (Å²) < 4.78 is 9.68. The molecule has 0 aliphatic heterocycles. The number of rotatable bonds is 10. The molecule has 0 saturated heterocycles. The largest absolute Gasteiger partial charge is 0.491 e. The van der Waals surface area contributed by atoms with E-state index in [2.05, 4.69) is 17.6 Å². The third-order valence-corrected chi connectivity index (χ3v) is 5.04. The Morgan fingerprint density at radius 3 is 2.46 bits per heavy atom. The lowest BCUT2D eigenvalue weighted by Gasteiger charge is -2.14. The van der Waals surface area contributed by atoms with Gasteiger partial charge in [0.05, 0.1) is 17.6 Å². The van der Waals surface area contributed by atoms with E-state index in [4.69, 9.17) is 10.1 Å². The molecule has 0 bridgehead atoms. The number of hydrogen-bond donors (Lipinski definition) is 2. The number of nitrogens with zero attached hydrogens (tertiary/aromatic N) is 2. The van der Waals surface area contributed by atoms with Crippen LogP contribution in [0, 0.1) is 12.3 Å². The number of nitrogens with one attached hydrogen (secondary N) is 1. The van der Waals surface area contributed by atoms with Gasteiger partial charge in [-0.05, 0) is 43.2 Å². The van der Waals surface area contributed by atoms with E-state index in [0.717, 1.165) is 35.3 Å². The van der Waals surface area contributed by atoms with Gasteiger partial charge in [0, 0.05) is 6.54 Å². The fraction of sp³-hybridized carbons (Fsp3) is 0.435. The second kappa shape index (κ2) is 9.60. The van der Waals surface area contributed by atoms with Gasteiger partial charge >= 0.3 is 0 Å². The number of benzene rings is 2. The van der Waals surface area contributed by atoms with Gasteiger partial charge in [0.15, 0.2) is 0 Å². The van der Waals surface area contributed by atoms with Crippen molar-refractivity contribution in [1.29, 1.82) is 5.41 Å². The fourth-order valence-corrected chi connectivity index (χ4v) is 3.56. The van der Waals surface area contributed by atoms with Crippen molar-refractivity contribution >= 4 is 11.0 Å². The number of fused-ring (bicyclic) bond motifs is 1. The molecular weight excluding hydrogens is 350 g/mol. The summed E-state index contributed by atoms with van der Waals surface area (Å²) in [5.41, 5.74) is 3.60. The summed E-state index contributed by atoms with van der Waals surface area (Å²) in [5, 5.41) is 19.2. The Labute approximate surface area is 166 Å². The van der Waals surface area contributed by atoms with Gasteiger partial charge in [-0.3, -0.25) is 5.41 Å². The van der Waals surface area contributed by atoms with Crippen LogP contribution < -0.4 is 10.4 Å². The van der Waals surface area contributed by atoms with Crippen molar-refractivity contribution in [2.24, 2.45) is 0 Å². The molecule has 2 N–H and O–H groups in total. The second-order valence-electron chi connectivity index (χ2n) is 7.42. The smallest absolute Gasteiger partial charge is 0.203 e. The summed E-state index contributed by atoms with van der Waals surface area (Å²) in [6, 6.07) is 15.9. The minimum absolute atomic E-state index is 0.200. The van der Waals surface area contributed by atoms with E-state index in [1.165, 1.54) is 19.3 Å². The fourth-order valence-electron chi connectivity index (χ4n) is 3.56. The molecule has 1 heterocycles. The topological polar surface area (TPSA) is 63.2 Å². The molecule has 0 spiro atoms. The molecule has 0 aliphatic rings. The highest BCUT2D eigenvalue weighted by Gasteiger charge is 2.14. The van der Waals surface area contributed by atoms with Crippen LogP contribution >= 0.6 is 0 Å². The van der Waals surface area contributed by atoms with Gasteiger partial charge < -0.3 is 19.0 Å². The number of hydrogen-bond acceptors (Lipinski definition) is 3. The Bertz CT molecular complexity index is 958. The predicted octanol–water partition coefficient (Wildman–Crippen LogP) is 4.25. The van der Waals surface area contributed by atoms with E-state index >= 15 is 0 Å². The number of para-hydroxylation sites is 2. The van der Waals surface area contributed by atoms with Crippen LogP contribution in [-0.4, -0.2) is 27.0 Å². The Morgan fingerprint density at radius 2 is 1.75 bits per heavy atom. The van der Waals surface area contributed by atoms with Gasteiger partial charge in [-0.15, -0.1) is 0 Å². The van der Waals surface area contributed by atoms with E-state index in [1.54, 1.807) is 0 Å². The van der Waals surface area contributed by atoms with Crippen molar-refractivity contribution in [3.8, 4) is 5.75 Å². The van der Waals surface area contributed by atoms with E-state index in [0.29, 0.717) is 12.2 Å². The van der Waals surface area contributed by atoms with E-state index in [1.807, 2.05) is 54.0 Å². The highest BCUT2D eigenvalue weighted by molar-refractivity contribution is 5.75. The van der Waals surface area contributed by atoms with Gasteiger partial charge in [0.25, 0.3) is 0 Å². The first-order valence-electron chi connectivity index (χ1n) is 10.2. The molecule has 150 valence electrons. The van der Waals surface area contributed by atoms with Gasteiger partial charge in [-0.1, -0.05) is 50.5 Å². The molecule has 0 fully saturated rings. The maximum Gasteiger partial charge on any atom is 0.203 e. The molecule has 5 heteroatoms. The Hall–Kier alpha value is -2.53. The highest BCUT2D eigenvalue weighted by atomic mass is 16.5. The SMILES string of the molecule is CCCCCCn1c(=N)n(C[C@H](O)COc2cccc(C)c2)c2ccccc21. The first-order valence-corrected chi connectivity index (χ1v) is 10.2. The summed E-state index contributed by atoms with van der Waals surface area (Å²) in [5.74, 6) is 0.758. The molecule has 5 nitrogen and oxygen atoms in total. The van der Waals surface area contributed by atoms with Crippen LogP contribution in [-0.2, 0) is 13.1 Å². The zero-order valence-electron chi connectivity index (χ0n) is 16.9. The molecule has 0 aliphatic carbocycles. The number of aliphatic hydroxyl groups excluding tert-OH is 1. The quantitative estimate of drug-likeness (QED) is 0.516. The van der Waals surface area contributed by atoms with Gasteiger partial charge in [-0.25, -0.2) is 0 Å². The predicted molar refractivity (Wildman–Crippen MR) is 113 cm³/mol. The first-order chi connectivity index (χ1) is 13.6. The van der Waals surface area contributed by atoms with Crippen LogP contribution in [0.1, 0.15) is 38.2 Å². The van der Waals surface area contributed by atoms with Crippen molar-refractivity contribution in [2.75, 3.05) is 6.61 Å². The average molecular weight is 382 g/mol. The minimum atomic E-state index is -0.686. The lowest BCUT2D eigenvalue weighted by atomic mass is 10.2. The Balaban J connectivity index is 1.73. The van der Waals surface area contributed by atoms with E-state index < -0.39 is 6.10 Å². The molecule has 0 saturated carbocycles. The average Bonchev–Trinajstić information content (AvgIpc) is 2.95. The lowest BCUT2D eigenvalue weighted by Crippen LogP contribution is -2.31. The third kappa shape index (κ3) is 4.84. The summed E-state index contributed by atoms with van der Waals surface area (Å²) in [4.78, 5) is 0. The van der Waals surface area contributed by atoms with Crippen LogP contribution in [0.4, 0.5) is 0 Å². The van der Waals surface area contributed by atoms with E-state index in [9.17, 15) is 5.11 Å². The van der Waals surface area contributed by atoms with Crippen molar-refractivity contribution in [1.82, 2.24) is 9.13 Å². The molecule has 0 radical (unpaired) electrons. The maximum absolute atomic E-state index is 10.5. The molecule has 3 rings (SSSR count). The number of aliphatic hydroxyl groups is 1. The second-order valence-corrected chi connectivity index (χ2v) is 7.42. The summed E-state index contributed by atoms with van der Waals surface area (Å²) >= 11 is 0. The van der Waals surface area contributed by atoms with E-state index in [-0.39, 0.29) is 6.61 Å². The van der Waals surface area contributed by atoms with Crippen LogP contribution in [0.3, 0.4) is 0 Å². The number of ether oxygens (including phenoxy) is 1. The molecule has 3 aromatic rings. The first kappa shape index (κ1) is 20.2. The maximum atomic E-state index is 10.5. The van der Waals surface area contributed by atoms with Crippen LogP contribution in [0.5, 0.6) is 5.75 Å². The standard InChI is InChI=1S/C23H31N3O2/c1-3-4-5-8-14-25-21-12-6-7-13-22(21)26(23(25)24)16-19(27)17-28-20-11-9-10-18(2)15-20/h6-7,9-13,15,19,24,27H,3-5,8,14,16-17H2,1-2H3/t19-/m0/s1. The third-order valence-electron chi connectivity index (χ3n) is 5.04. The van der Waals surface area contributed by atoms with Crippen molar-refractivity contribution in [2.45, 2.75) is 58.7 Å². The van der Waals surface area contributed by atoms with Crippen LogP contribution in [0.25, 0.3) is 11.0 Å². The molecule has 0 amide bonds. The summed E-state index contributed by atoms with van der Waals surface area (Å²) in [6.45, 7) is 5.59. The monoisotopic (exact) mass is 381 g/mol. The Morgan fingerprint density at radius 1 is 1.00 bits per heavy atom. The van der Waals surface area contributed by atoms with Crippen molar-refractivity contribution < 1.29 is 9.84 Å². The van der Waals surface area contributed by atoms with Gasteiger partial charge in [-0.2, -0.15) is 0 Å². The highest BCUT2D eigenvalue weighted by Crippen LogP contribution is 2.16. The van der Waals surface area contributed by atoms with Gasteiger partial charge in [0.2, 0.25) is 5.62 Å². The number of aryl methyl sites for hydroxylation is 2. The normalized spacial score (nSPS) is 12.4. The van der Waals surface area contributed by atoms with Crippen molar-refractivity contribution in [3.63, 3.8) is 0 Å². The summed E-state index contributed by atoms with van der Waals surface area (Å²) in [7, 11) is 0.